The van der Waals surface area contributed by atoms with Crippen LogP contribution in [0.4, 0.5) is 0 Å². The van der Waals surface area contributed by atoms with E-state index in [4.69, 9.17) is 0 Å². The predicted octanol–water partition coefficient (Wildman–Crippen LogP) is 4.02. The smallest absolute Gasteiger partial charge is 0.0267 e. The molecule has 0 fully saturated rings. The highest BCUT2D eigenvalue weighted by molar-refractivity contribution is 4.88. The van der Waals surface area contributed by atoms with Gasteiger partial charge >= 0.3 is 0 Å². The van der Waals surface area contributed by atoms with Gasteiger partial charge in [0.15, 0.2) is 0 Å². The third-order valence-electron chi connectivity index (χ3n) is 0.566. The molecule has 0 amide bonds. The van der Waals surface area contributed by atoms with Crippen LogP contribution in [0, 0.1) is 5.92 Å². The van der Waals surface area contributed by atoms with E-state index in [1.54, 1.807) is 12.4 Å². The molecule has 0 radical (unpaired) electrons. The van der Waals surface area contributed by atoms with Crippen molar-refractivity contribution in [1.82, 2.24) is 4.98 Å². The minimum absolute atomic E-state index is 0. The molecule has 0 N–H and O–H groups in total. The summed E-state index contributed by atoms with van der Waals surface area (Å²) >= 11 is 0. The SMILES string of the molecule is C.C.CC(C)C.c1ccncc1. The highest BCUT2D eigenvalue weighted by Gasteiger charge is 1.68. The van der Waals surface area contributed by atoms with Gasteiger partial charge in [0.25, 0.3) is 0 Å². The lowest BCUT2D eigenvalue weighted by atomic mass is 10.3. The van der Waals surface area contributed by atoms with Crippen LogP contribution < -0.4 is 0 Å². The summed E-state index contributed by atoms with van der Waals surface area (Å²) in [4.78, 5) is 3.78. The van der Waals surface area contributed by atoms with E-state index < -0.39 is 0 Å². The van der Waals surface area contributed by atoms with Gasteiger partial charge in [0.2, 0.25) is 0 Å². The van der Waals surface area contributed by atoms with Gasteiger partial charge in [0, 0.05) is 12.4 Å². The molecule has 1 nitrogen and oxygen atoms in total. The Labute approximate surface area is 77.9 Å². The van der Waals surface area contributed by atoms with Gasteiger partial charge in [0.1, 0.15) is 0 Å². The molecule has 1 heterocycles. The molecule has 0 unspecified atom stereocenters. The van der Waals surface area contributed by atoms with E-state index in [9.17, 15) is 0 Å². The Kier molecular flexibility index (Phi) is 18.4. The second-order valence-corrected chi connectivity index (χ2v) is 2.76. The van der Waals surface area contributed by atoms with Gasteiger partial charge in [-0.15, -0.1) is 0 Å². The maximum atomic E-state index is 3.78. The summed E-state index contributed by atoms with van der Waals surface area (Å²) in [6.07, 6.45) is 3.50. The lowest BCUT2D eigenvalue weighted by Crippen LogP contribution is -1.66. The third-order valence-corrected chi connectivity index (χ3v) is 0.566. The lowest BCUT2D eigenvalue weighted by molar-refractivity contribution is 0.737. The Morgan fingerprint density at radius 3 is 1.25 bits per heavy atom. The summed E-state index contributed by atoms with van der Waals surface area (Å²) in [7, 11) is 0. The van der Waals surface area contributed by atoms with Crippen LogP contribution in [0.25, 0.3) is 0 Å². The summed E-state index contributed by atoms with van der Waals surface area (Å²) in [5, 5.41) is 0. The van der Waals surface area contributed by atoms with Crippen molar-refractivity contribution in [3.63, 3.8) is 0 Å². The number of pyridine rings is 1. The molecule has 0 bridgehead atoms. The van der Waals surface area contributed by atoms with Crippen LogP contribution in [0.15, 0.2) is 30.6 Å². The number of hydrogen-bond donors (Lipinski definition) is 0. The number of hydrogen-bond acceptors (Lipinski definition) is 1. The Morgan fingerprint density at radius 2 is 1.17 bits per heavy atom. The molecular weight excluding hydrogens is 146 g/mol. The Morgan fingerprint density at radius 1 is 0.833 bits per heavy atom. The molecule has 1 heteroatoms. The average molecular weight is 169 g/mol. The molecule has 0 spiro atoms. The normalized spacial score (nSPS) is 7.00. The van der Waals surface area contributed by atoms with Gasteiger partial charge < -0.3 is 0 Å². The topological polar surface area (TPSA) is 12.9 Å². The highest BCUT2D eigenvalue weighted by Crippen LogP contribution is 1.81. The fourth-order valence-electron chi connectivity index (χ4n) is 0.313. The van der Waals surface area contributed by atoms with Crippen LogP contribution in [0.5, 0.6) is 0 Å². The second kappa shape index (κ2) is 12.8. The van der Waals surface area contributed by atoms with Crippen LogP contribution in [-0.4, -0.2) is 4.98 Å². The maximum absolute atomic E-state index is 3.78. The summed E-state index contributed by atoms with van der Waals surface area (Å²) in [5.74, 6) is 0.833. The fraction of sp³-hybridized carbons (Fsp3) is 0.545. The largest absolute Gasteiger partial charge is 0.265 e. The first-order valence-electron chi connectivity index (χ1n) is 3.58. The Balaban J connectivity index is -0.000000124. The monoisotopic (exact) mass is 169 g/mol. The van der Waals surface area contributed by atoms with Crippen molar-refractivity contribution in [2.24, 2.45) is 5.92 Å². The molecule has 0 aromatic carbocycles. The van der Waals surface area contributed by atoms with Crippen molar-refractivity contribution >= 4 is 0 Å². The molecule has 1 aromatic heterocycles. The predicted molar refractivity (Wildman–Crippen MR) is 58.2 cm³/mol. The van der Waals surface area contributed by atoms with Gasteiger partial charge in [-0.25, -0.2) is 0 Å². The maximum Gasteiger partial charge on any atom is 0.0267 e. The zero-order valence-electron chi connectivity index (χ0n) is 6.91. The van der Waals surface area contributed by atoms with Crippen molar-refractivity contribution in [2.75, 3.05) is 0 Å². The van der Waals surface area contributed by atoms with Crippen LogP contribution >= 0.6 is 0 Å². The van der Waals surface area contributed by atoms with Gasteiger partial charge in [-0.05, 0) is 18.1 Å². The number of rotatable bonds is 0. The molecule has 0 aliphatic rings. The number of nitrogens with zero attached hydrogens (tertiary/aromatic N) is 1. The average Bonchev–Trinajstić information content (AvgIpc) is 1.90. The van der Waals surface area contributed by atoms with Crippen molar-refractivity contribution < 1.29 is 0 Å². The molecule has 1 rings (SSSR count). The Bertz CT molecular complexity index is 105. The van der Waals surface area contributed by atoms with E-state index in [2.05, 4.69) is 25.8 Å². The molecule has 0 aliphatic heterocycles. The minimum atomic E-state index is 0. The lowest BCUT2D eigenvalue weighted by Gasteiger charge is -1.79. The molecule has 12 heavy (non-hydrogen) atoms. The van der Waals surface area contributed by atoms with E-state index in [0.717, 1.165) is 5.92 Å². The van der Waals surface area contributed by atoms with Crippen molar-refractivity contribution in [3.8, 4) is 0 Å². The third kappa shape index (κ3) is 22.9. The summed E-state index contributed by atoms with van der Waals surface area (Å²) in [6, 6.07) is 5.72. The van der Waals surface area contributed by atoms with Gasteiger partial charge in [-0.2, -0.15) is 0 Å². The van der Waals surface area contributed by atoms with Crippen molar-refractivity contribution in [3.05, 3.63) is 30.6 Å². The quantitative estimate of drug-likeness (QED) is 0.571. The number of aromatic nitrogens is 1. The molecule has 0 aliphatic carbocycles. The highest BCUT2D eigenvalue weighted by atomic mass is 14.6. The summed E-state index contributed by atoms with van der Waals surface area (Å²) in [5.41, 5.74) is 0. The Hall–Kier alpha value is -0.850. The van der Waals surface area contributed by atoms with Crippen LogP contribution in [-0.2, 0) is 0 Å². The molecule has 0 atom stereocenters. The summed E-state index contributed by atoms with van der Waals surface area (Å²) < 4.78 is 0. The molecule has 0 saturated carbocycles. The fourth-order valence-corrected chi connectivity index (χ4v) is 0.313. The molecule has 72 valence electrons. The van der Waals surface area contributed by atoms with E-state index in [1.807, 2.05) is 18.2 Å². The first kappa shape index (κ1) is 17.3. The van der Waals surface area contributed by atoms with Gasteiger partial charge in [0.05, 0.1) is 0 Å². The minimum Gasteiger partial charge on any atom is -0.265 e. The molecule has 1 aromatic rings. The first-order chi connectivity index (χ1) is 4.73. The van der Waals surface area contributed by atoms with E-state index in [-0.39, 0.29) is 14.9 Å². The van der Waals surface area contributed by atoms with Crippen molar-refractivity contribution in [1.29, 1.82) is 0 Å². The molecule has 0 saturated heterocycles. The van der Waals surface area contributed by atoms with E-state index in [1.165, 1.54) is 0 Å². The first-order valence-corrected chi connectivity index (χ1v) is 3.58. The van der Waals surface area contributed by atoms with E-state index >= 15 is 0 Å². The van der Waals surface area contributed by atoms with Crippen LogP contribution in [0.1, 0.15) is 35.6 Å². The zero-order chi connectivity index (χ0) is 7.82. The van der Waals surface area contributed by atoms with Crippen LogP contribution in [0.2, 0.25) is 0 Å². The van der Waals surface area contributed by atoms with Gasteiger partial charge in [-0.1, -0.05) is 41.7 Å². The molecular formula is C11H23N. The van der Waals surface area contributed by atoms with Gasteiger partial charge in [-0.3, -0.25) is 4.98 Å². The summed E-state index contributed by atoms with van der Waals surface area (Å²) in [6.45, 7) is 6.50. The van der Waals surface area contributed by atoms with Crippen LogP contribution in [0.3, 0.4) is 0 Å². The van der Waals surface area contributed by atoms with Crippen molar-refractivity contribution in [2.45, 2.75) is 35.6 Å². The zero-order valence-corrected chi connectivity index (χ0v) is 6.91. The van der Waals surface area contributed by atoms with E-state index in [0.29, 0.717) is 0 Å². The second-order valence-electron chi connectivity index (χ2n) is 2.76. The standard InChI is InChI=1S/C5H5N.C4H10.2CH4/c1-2-4-6-5-3-1;1-4(2)3;;/h1-5H;4H,1-3H3;2*1H4.